The van der Waals surface area contributed by atoms with Gasteiger partial charge in [0.05, 0.1) is 6.61 Å². The minimum Gasteiger partial charge on any atom is -0.458 e. The molecule has 0 spiro atoms. The molecule has 1 fully saturated rings. The number of nitrogens with zero attached hydrogens (tertiary/aromatic N) is 1. The van der Waals surface area contributed by atoms with Gasteiger partial charge in [-0.25, -0.2) is 4.79 Å². The third kappa shape index (κ3) is 5.96. The van der Waals surface area contributed by atoms with Crippen molar-refractivity contribution in [3.05, 3.63) is 35.9 Å². The molecule has 0 aromatic heterocycles. The molecule has 2 rings (SSSR count). The fraction of sp³-hybridized carbons (Fsp3) is 0.632. The first kappa shape index (κ1) is 18.0. The first-order valence-electron chi connectivity index (χ1n) is 8.44. The van der Waals surface area contributed by atoms with E-state index in [-0.39, 0.29) is 12.6 Å². The van der Waals surface area contributed by atoms with Gasteiger partial charge < -0.3 is 9.47 Å². The van der Waals surface area contributed by atoms with Crippen molar-refractivity contribution in [2.24, 2.45) is 5.92 Å². The summed E-state index contributed by atoms with van der Waals surface area (Å²) >= 11 is 0. The standard InChI is InChI=1S/C19H29NO3/c1-15(17-8-6-5-7-9-17)20-11-10-16(12-20)13-22-14-18(21)23-19(2,3)4/h5-9,15-16H,10-14H2,1-4H3/t15-,16+/m1/s1. The quantitative estimate of drug-likeness (QED) is 0.753. The number of rotatable bonds is 6. The van der Waals surface area contributed by atoms with Gasteiger partial charge in [-0.2, -0.15) is 0 Å². The molecule has 1 aromatic rings. The molecule has 0 bridgehead atoms. The predicted octanol–water partition coefficient (Wildman–Crippen LogP) is 3.43. The summed E-state index contributed by atoms with van der Waals surface area (Å²) < 4.78 is 10.8. The summed E-state index contributed by atoms with van der Waals surface area (Å²) in [4.78, 5) is 14.1. The van der Waals surface area contributed by atoms with E-state index in [0.717, 1.165) is 19.5 Å². The Hall–Kier alpha value is -1.39. The maximum Gasteiger partial charge on any atom is 0.332 e. The van der Waals surface area contributed by atoms with Gasteiger partial charge in [0.15, 0.2) is 0 Å². The van der Waals surface area contributed by atoms with Gasteiger partial charge in [0.25, 0.3) is 0 Å². The molecular weight excluding hydrogens is 290 g/mol. The first-order chi connectivity index (χ1) is 10.8. The molecular formula is C19H29NO3. The lowest BCUT2D eigenvalue weighted by molar-refractivity contribution is -0.160. The Bertz CT molecular complexity index is 495. The van der Waals surface area contributed by atoms with Crippen LogP contribution in [0.25, 0.3) is 0 Å². The highest BCUT2D eigenvalue weighted by atomic mass is 16.6. The Balaban J connectivity index is 1.70. The van der Waals surface area contributed by atoms with Crippen LogP contribution in [0.5, 0.6) is 0 Å². The maximum atomic E-state index is 11.6. The number of hydrogen-bond donors (Lipinski definition) is 0. The summed E-state index contributed by atoms with van der Waals surface area (Å²) in [5, 5.41) is 0. The van der Waals surface area contributed by atoms with Crippen LogP contribution < -0.4 is 0 Å². The van der Waals surface area contributed by atoms with Crippen molar-refractivity contribution in [1.29, 1.82) is 0 Å². The van der Waals surface area contributed by atoms with Crippen molar-refractivity contribution in [2.45, 2.75) is 45.8 Å². The molecule has 1 heterocycles. The average molecular weight is 319 g/mol. The SMILES string of the molecule is C[C@H](c1ccccc1)N1CC[C@H](COCC(=O)OC(C)(C)C)C1. The van der Waals surface area contributed by atoms with Crippen LogP contribution in [-0.4, -0.2) is 42.8 Å². The molecule has 0 aliphatic carbocycles. The van der Waals surface area contributed by atoms with Crippen LogP contribution >= 0.6 is 0 Å². The first-order valence-corrected chi connectivity index (χ1v) is 8.44. The van der Waals surface area contributed by atoms with E-state index in [2.05, 4.69) is 36.1 Å². The molecule has 0 radical (unpaired) electrons. The van der Waals surface area contributed by atoms with Crippen LogP contribution in [-0.2, 0) is 14.3 Å². The van der Waals surface area contributed by atoms with Crippen molar-refractivity contribution < 1.29 is 14.3 Å². The zero-order valence-electron chi connectivity index (χ0n) is 14.7. The summed E-state index contributed by atoms with van der Waals surface area (Å²) in [6, 6.07) is 11.0. The molecule has 2 atom stereocenters. The van der Waals surface area contributed by atoms with Crippen LogP contribution in [0.2, 0.25) is 0 Å². The van der Waals surface area contributed by atoms with Crippen molar-refractivity contribution in [2.75, 3.05) is 26.3 Å². The molecule has 0 unspecified atom stereocenters. The molecule has 1 aliphatic heterocycles. The van der Waals surface area contributed by atoms with E-state index in [9.17, 15) is 4.79 Å². The highest BCUT2D eigenvalue weighted by Gasteiger charge is 2.27. The minimum atomic E-state index is -0.449. The molecule has 0 amide bonds. The van der Waals surface area contributed by atoms with Crippen molar-refractivity contribution in [1.82, 2.24) is 4.90 Å². The molecule has 4 heteroatoms. The molecule has 128 valence electrons. The van der Waals surface area contributed by atoms with Gasteiger partial charge >= 0.3 is 5.97 Å². The topological polar surface area (TPSA) is 38.8 Å². The number of benzene rings is 1. The van der Waals surface area contributed by atoms with E-state index in [0.29, 0.717) is 18.6 Å². The van der Waals surface area contributed by atoms with Gasteiger partial charge in [-0.05, 0) is 52.1 Å². The molecule has 23 heavy (non-hydrogen) atoms. The minimum absolute atomic E-state index is 0.0437. The second-order valence-corrected chi connectivity index (χ2v) is 7.34. The number of hydrogen-bond acceptors (Lipinski definition) is 4. The molecule has 1 aliphatic rings. The second-order valence-electron chi connectivity index (χ2n) is 7.34. The van der Waals surface area contributed by atoms with E-state index in [1.807, 2.05) is 26.8 Å². The van der Waals surface area contributed by atoms with Crippen LogP contribution in [0.1, 0.15) is 45.7 Å². The van der Waals surface area contributed by atoms with Gasteiger partial charge in [0.1, 0.15) is 12.2 Å². The third-order valence-electron chi connectivity index (χ3n) is 4.14. The molecule has 0 saturated carbocycles. The predicted molar refractivity (Wildman–Crippen MR) is 91.2 cm³/mol. The van der Waals surface area contributed by atoms with Crippen LogP contribution in [0, 0.1) is 5.92 Å². The monoisotopic (exact) mass is 319 g/mol. The van der Waals surface area contributed by atoms with E-state index in [4.69, 9.17) is 9.47 Å². The molecule has 1 saturated heterocycles. The molecule has 0 N–H and O–H groups in total. The Morgan fingerprint density at radius 3 is 2.65 bits per heavy atom. The number of ether oxygens (including phenoxy) is 2. The van der Waals surface area contributed by atoms with E-state index >= 15 is 0 Å². The highest BCUT2D eigenvalue weighted by Crippen LogP contribution is 2.27. The zero-order chi connectivity index (χ0) is 16.9. The van der Waals surface area contributed by atoms with E-state index < -0.39 is 5.60 Å². The van der Waals surface area contributed by atoms with E-state index in [1.165, 1.54) is 5.56 Å². The smallest absolute Gasteiger partial charge is 0.332 e. The summed E-state index contributed by atoms with van der Waals surface area (Å²) in [5.41, 5.74) is 0.901. The Morgan fingerprint density at radius 2 is 2.00 bits per heavy atom. The number of carbonyl (C=O) groups excluding carboxylic acids is 1. The summed E-state index contributed by atoms with van der Waals surface area (Å²) in [5.74, 6) is 0.202. The Morgan fingerprint density at radius 1 is 1.30 bits per heavy atom. The number of esters is 1. The Kier molecular flexibility index (Phi) is 6.19. The normalized spacial score (nSPS) is 20.4. The molecule has 4 nitrogen and oxygen atoms in total. The van der Waals surface area contributed by atoms with Gasteiger partial charge in [-0.1, -0.05) is 30.3 Å². The van der Waals surface area contributed by atoms with Gasteiger partial charge in [0, 0.05) is 12.6 Å². The fourth-order valence-electron chi connectivity index (χ4n) is 2.97. The van der Waals surface area contributed by atoms with Crippen molar-refractivity contribution in [3.8, 4) is 0 Å². The van der Waals surface area contributed by atoms with Gasteiger partial charge in [-0.15, -0.1) is 0 Å². The summed E-state index contributed by atoms with van der Waals surface area (Å²) in [6.07, 6.45) is 1.12. The Labute approximate surface area is 139 Å². The lowest BCUT2D eigenvalue weighted by Crippen LogP contribution is -2.28. The number of carbonyl (C=O) groups is 1. The highest BCUT2D eigenvalue weighted by molar-refractivity contribution is 5.71. The summed E-state index contributed by atoms with van der Waals surface area (Å²) in [6.45, 7) is 10.6. The lowest BCUT2D eigenvalue weighted by atomic mass is 10.1. The van der Waals surface area contributed by atoms with Gasteiger partial charge in [0.2, 0.25) is 0 Å². The van der Waals surface area contributed by atoms with Crippen LogP contribution in [0.4, 0.5) is 0 Å². The lowest BCUT2D eigenvalue weighted by Gasteiger charge is -2.24. The fourth-order valence-corrected chi connectivity index (χ4v) is 2.97. The van der Waals surface area contributed by atoms with Crippen molar-refractivity contribution in [3.63, 3.8) is 0 Å². The second kappa shape index (κ2) is 7.93. The van der Waals surface area contributed by atoms with E-state index in [1.54, 1.807) is 0 Å². The zero-order valence-corrected chi connectivity index (χ0v) is 14.7. The van der Waals surface area contributed by atoms with Crippen LogP contribution in [0.3, 0.4) is 0 Å². The average Bonchev–Trinajstić information content (AvgIpc) is 2.94. The summed E-state index contributed by atoms with van der Waals surface area (Å²) in [7, 11) is 0. The number of likely N-dealkylation sites (tertiary alicyclic amines) is 1. The third-order valence-corrected chi connectivity index (χ3v) is 4.14. The van der Waals surface area contributed by atoms with Gasteiger partial charge in [-0.3, -0.25) is 4.90 Å². The largest absolute Gasteiger partial charge is 0.458 e. The molecule has 1 aromatic carbocycles. The maximum absolute atomic E-state index is 11.6. The van der Waals surface area contributed by atoms with Crippen LogP contribution in [0.15, 0.2) is 30.3 Å². The van der Waals surface area contributed by atoms with Crippen molar-refractivity contribution >= 4 is 5.97 Å².